The van der Waals surface area contributed by atoms with Crippen LogP contribution in [-0.4, -0.2) is 48.5 Å². The molecule has 2 heterocycles. The summed E-state index contributed by atoms with van der Waals surface area (Å²) >= 11 is 0. The number of rotatable bonds is 6. The Morgan fingerprint density at radius 3 is 2.95 bits per heavy atom. The van der Waals surface area contributed by atoms with Crippen LogP contribution in [0.2, 0.25) is 0 Å². The van der Waals surface area contributed by atoms with E-state index in [9.17, 15) is 4.79 Å². The monoisotopic (exact) mass is 263 g/mol. The zero-order valence-electron chi connectivity index (χ0n) is 11.2. The van der Waals surface area contributed by atoms with Gasteiger partial charge in [-0.25, -0.2) is 0 Å². The van der Waals surface area contributed by atoms with Gasteiger partial charge in [-0.1, -0.05) is 0 Å². The van der Waals surface area contributed by atoms with E-state index in [-0.39, 0.29) is 12.3 Å². The Kier molecular flexibility index (Phi) is 5.44. The van der Waals surface area contributed by atoms with Crippen molar-refractivity contribution >= 4 is 5.78 Å². The van der Waals surface area contributed by atoms with Crippen LogP contribution >= 0.6 is 0 Å². The Morgan fingerprint density at radius 2 is 2.21 bits per heavy atom. The van der Waals surface area contributed by atoms with E-state index in [1.54, 1.807) is 0 Å². The van der Waals surface area contributed by atoms with E-state index in [1.807, 2.05) is 12.3 Å². The number of nitrogens with zero attached hydrogens (tertiary/aromatic N) is 2. The number of pyridine rings is 1. The maximum atomic E-state index is 11.2. The topological polar surface area (TPSA) is 68.5 Å². The SMILES string of the molecule is NCC(=O)CCc1cc(CN2CCOCC2)ccn1. The van der Waals surface area contributed by atoms with Gasteiger partial charge in [0.05, 0.1) is 19.8 Å². The molecule has 0 radical (unpaired) electrons. The van der Waals surface area contributed by atoms with Gasteiger partial charge < -0.3 is 10.5 Å². The summed E-state index contributed by atoms with van der Waals surface area (Å²) in [5, 5.41) is 0. The molecule has 104 valence electrons. The number of carbonyl (C=O) groups is 1. The summed E-state index contributed by atoms with van der Waals surface area (Å²) in [6.07, 6.45) is 2.97. The van der Waals surface area contributed by atoms with Crippen LogP contribution in [0, 0.1) is 0 Å². The number of hydrogen-bond donors (Lipinski definition) is 1. The molecule has 5 nitrogen and oxygen atoms in total. The molecule has 0 aromatic carbocycles. The zero-order valence-corrected chi connectivity index (χ0v) is 11.2. The van der Waals surface area contributed by atoms with E-state index in [1.165, 1.54) is 5.56 Å². The minimum Gasteiger partial charge on any atom is -0.379 e. The molecule has 2 rings (SSSR count). The van der Waals surface area contributed by atoms with Gasteiger partial charge in [-0.15, -0.1) is 0 Å². The maximum Gasteiger partial charge on any atom is 0.146 e. The van der Waals surface area contributed by atoms with Gasteiger partial charge in [-0.2, -0.15) is 0 Å². The second-order valence-corrected chi connectivity index (χ2v) is 4.79. The molecule has 1 aromatic rings. The van der Waals surface area contributed by atoms with E-state index in [0.717, 1.165) is 38.5 Å². The van der Waals surface area contributed by atoms with Crippen molar-refractivity contribution < 1.29 is 9.53 Å². The van der Waals surface area contributed by atoms with Crippen molar-refractivity contribution in [3.05, 3.63) is 29.6 Å². The molecule has 1 aliphatic rings. The van der Waals surface area contributed by atoms with Gasteiger partial charge in [-0.05, 0) is 24.1 Å². The maximum absolute atomic E-state index is 11.2. The van der Waals surface area contributed by atoms with Crippen molar-refractivity contribution in [2.45, 2.75) is 19.4 Å². The highest BCUT2D eigenvalue weighted by atomic mass is 16.5. The Bertz CT molecular complexity index is 417. The molecular formula is C14H21N3O2. The number of morpholine rings is 1. The summed E-state index contributed by atoms with van der Waals surface area (Å²) in [6.45, 7) is 4.61. The first-order chi connectivity index (χ1) is 9.28. The third-order valence-electron chi connectivity index (χ3n) is 3.28. The van der Waals surface area contributed by atoms with Crippen LogP contribution in [0.5, 0.6) is 0 Å². The quantitative estimate of drug-likeness (QED) is 0.803. The molecule has 2 N–H and O–H groups in total. The van der Waals surface area contributed by atoms with Crippen molar-refractivity contribution in [3.63, 3.8) is 0 Å². The van der Waals surface area contributed by atoms with Crippen molar-refractivity contribution in [1.82, 2.24) is 9.88 Å². The standard InChI is InChI=1S/C14H21N3O2/c15-10-14(18)2-1-13-9-12(3-4-16-13)11-17-5-7-19-8-6-17/h3-4,9H,1-2,5-8,10-11,15H2. The number of carbonyl (C=O) groups excluding carboxylic acids is 1. The van der Waals surface area contributed by atoms with Gasteiger partial charge in [0, 0.05) is 37.9 Å². The average molecular weight is 263 g/mol. The number of aryl methyl sites for hydroxylation is 1. The summed E-state index contributed by atoms with van der Waals surface area (Å²) in [5.41, 5.74) is 7.51. The molecular weight excluding hydrogens is 242 g/mol. The molecule has 19 heavy (non-hydrogen) atoms. The van der Waals surface area contributed by atoms with Gasteiger partial charge in [0.2, 0.25) is 0 Å². The highest BCUT2D eigenvalue weighted by Crippen LogP contribution is 2.09. The fourth-order valence-corrected chi connectivity index (χ4v) is 2.15. The normalized spacial score (nSPS) is 16.5. The highest BCUT2D eigenvalue weighted by Gasteiger charge is 2.11. The fourth-order valence-electron chi connectivity index (χ4n) is 2.15. The second kappa shape index (κ2) is 7.33. The van der Waals surface area contributed by atoms with Crippen LogP contribution < -0.4 is 5.73 Å². The van der Waals surface area contributed by atoms with Crippen LogP contribution in [0.25, 0.3) is 0 Å². The molecule has 0 saturated carbocycles. The number of Topliss-reactive ketones (excluding diaryl/α,β-unsaturated/α-hetero) is 1. The molecule has 0 amide bonds. The molecule has 1 aromatic heterocycles. The smallest absolute Gasteiger partial charge is 0.146 e. The van der Waals surface area contributed by atoms with Crippen LogP contribution in [0.3, 0.4) is 0 Å². The Balaban J connectivity index is 1.88. The average Bonchev–Trinajstić information content (AvgIpc) is 2.46. The van der Waals surface area contributed by atoms with E-state index < -0.39 is 0 Å². The first-order valence-corrected chi connectivity index (χ1v) is 6.73. The van der Waals surface area contributed by atoms with Crippen molar-refractivity contribution in [2.24, 2.45) is 5.73 Å². The number of ether oxygens (including phenoxy) is 1. The van der Waals surface area contributed by atoms with E-state index >= 15 is 0 Å². The first-order valence-electron chi connectivity index (χ1n) is 6.73. The van der Waals surface area contributed by atoms with E-state index in [0.29, 0.717) is 12.8 Å². The molecule has 5 heteroatoms. The van der Waals surface area contributed by atoms with E-state index in [2.05, 4.69) is 16.0 Å². The third kappa shape index (κ3) is 4.70. The molecule has 0 unspecified atom stereocenters. The summed E-state index contributed by atoms with van der Waals surface area (Å²) < 4.78 is 5.34. The lowest BCUT2D eigenvalue weighted by molar-refractivity contribution is -0.117. The summed E-state index contributed by atoms with van der Waals surface area (Å²) in [5.74, 6) is 0.0837. The minimum atomic E-state index is 0.0837. The molecule has 0 spiro atoms. The van der Waals surface area contributed by atoms with Crippen molar-refractivity contribution in [1.29, 1.82) is 0 Å². The Hall–Kier alpha value is -1.30. The lowest BCUT2D eigenvalue weighted by Gasteiger charge is -2.26. The van der Waals surface area contributed by atoms with Crippen LogP contribution in [0.15, 0.2) is 18.3 Å². The minimum absolute atomic E-state index is 0.0837. The van der Waals surface area contributed by atoms with Crippen molar-refractivity contribution in [2.75, 3.05) is 32.8 Å². The van der Waals surface area contributed by atoms with Gasteiger partial charge in [0.15, 0.2) is 0 Å². The summed E-state index contributed by atoms with van der Waals surface area (Å²) in [4.78, 5) is 17.9. The number of hydrogen-bond acceptors (Lipinski definition) is 5. The molecule has 0 bridgehead atoms. The first kappa shape index (κ1) is 14.1. The van der Waals surface area contributed by atoms with Crippen LogP contribution in [0.4, 0.5) is 0 Å². The number of nitrogens with two attached hydrogens (primary N) is 1. The molecule has 1 saturated heterocycles. The van der Waals surface area contributed by atoms with Gasteiger partial charge in [0.1, 0.15) is 5.78 Å². The number of aromatic nitrogens is 1. The van der Waals surface area contributed by atoms with Crippen LogP contribution in [-0.2, 0) is 22.5 Å². The lowest BCUT2D eigenvalue weighted by atomic mass is 10.1. The second-order valence-electron chi connectivity index (χ2n) is 4.79. The fraction of sp³-hybridized carbons (Fsp3) is 0.571. The molecule has 1 fully saturated rings. The summed E-state index contributed by atoms with van der Waals surface area (Å²) in [7, 11) is 0. The molecule has 0 atom stereocenters. The largest absolute Gasteiger partial charge is 0.379 e. The van der Waals surface area contributed by atoms with Crippen LogP contribution in [0.1, 0.15) is 17.7 Å². The summed E-state index contributed by atoms with van der Waals surface area (Å²) in [6, 6.07) is 4.11. The highest BCUT2D eigenvalue weighted by molar-refractivity contribution is 5.80. The molecule has 1 aliphatic heterocycles. The zero-order chi connectivity index (χ0) is 13.5. The van der Waals surface area contributed by atoms with E-state index in [4.69, 9.17) is 10.5 Å². The lowest BCUT2D eigenvalue weighted by Crippen LogP contribution is -2.35. The predicted octanol–water partition coefficient (Wildman–Crippen LogP) is 0.374. The Labute approximate surface area is 113 Å². The van der Waals surface area contributed by atoms with Gasteiger partial charge in [0.25, 0.3) is 0 Å². The molecule has 0 aliphatic carbocycles. The van der Waals surface area contributed by atoms with Crippen molar-refractivity contribution in [3.8, 4) is 0 Å². The van der Waals surface area contributed by atoms with Gasteiger partial charge >= 0.3 is 0 Å². The van der Waals surface area contributed by atoms with Gasteiger partial charge in [-0.3, -0.25) is 14.7 Å². The predicted molar refractivity (Wildman–Crippen MR) is 72.7 cm³/mol. The number of ketones is 1. The Morgan fingerprint density at radius 1 is 1.42 bits per heavy atom. The third-order valence-corrected chi connectivity index (χ3v) is 3.28.